The lowest BCUT2D eigenvalue weighted by atomic mass is 10.0. The van der Waals surface area contributed by atoms with E-state index in [-0.39, 0.29) is 0 Å². The zero-order valence-electron chi connectivity index (χ0n) is 17.0. The van der Waals surface area contributed by atoms with Crippen molar-refractivity contribution in [2.24, 2.45) is 0 Å². The van der Waals surface area contributed by atoms with E-state index in [1.54, 1.807) is 41.5 Å². The topological polar surface area (TPSA) is 102 Å². The highest BCUT2D eigenvalue weighted by molar-refractivity contribution is 5.75. The predicted octanol–water partition coefficient (Wildman–Crippen LogP) is 3.67. The monoisotopic (exact) mass is 397 g/mol. The van der Waals surface area contributed by atoms with Gasteiger partial charge in [-0.25, -0.2) is 14.4 Å². The van der Waals surface area contributed by atoms with Gasteiger partial charge in [-0.15, -0.1) is 0 Å². The first-order valence-electron chi connectivity index (χ1n) is 8.32. The number of rotatable bonds is 6. The molecule has 27 heavy (non-hydrogen) atoms. The SMILES string of the molecule is CC(OC(=O)OC(C)(C)C)C(CC(F)(F)C(=O)O)N(C)C(=O)OC(C)(C)C. The fourth-order valence-corrected chi connectivity index (χ4v) is 1.94. The number of hydrogen-bond acceptors (Lipinski definition) is 6. The van der Waals surface area contributed by atoms with E-state index in [0.29, 0.717) is 0 Å². The number of amides is 1. The first-order valence-corrected chi connectivity index (χ1v) is 8.32. The van der Waals surface area contributed by atoms with Crippen LogP contribution >= 0.6 is 0 Å². The zero-order chi connectivity index (χ0) is 21.8. The van der Waals surface area contributed by atoms with Gasteiger partial charge in [0.25, 0.3) is 0 Å². The lowest BCUT2D eigenvalue weighted by molar-refractivity contribution is -0.169. The number of carbonyl (C=O) groups excluding carboxylic acids is 2. The van der Waals surface area contributed by atoms with Crippen LogP contribution in [-0.2, 0) is 19.0 Å². The lowest BCUT2D eigenvalue weighted by Gasteiger charge is -2.35. The van der Waals surface area contributed by atoms with E-state index in [4.69, 9.17) is 19.3 Å². The molecule has 2 atom stereocenters. The Morgan fingerprint density at radius 1 is 1.00 bits per heavy atom. The molecule has 8 nitrogen and oxygen atoms in total. The predicted molar refractivity (Wildman–Crippen MR) is 91.8 cm³/mol. The van der Waals surface area contributed by atoms with Crippen LogP contribution in [0.25, 0.3) is 0 Å². The molecule has 10 heteroatoms. The van der Waals surface area contributed by atoms with Crippen LogP contribution in [-0.4, -0.2) is 64.5 Å². The third kappa shape index (κ3) is 9.39. The number of alkyl halides is 2. The molecule has 2 unspecified atom stereocenters. The fourth-order valence-electron chi connectivity index (χ4n) is 1.94. The molecule has 0 aromatic rings. The van der Waals surface area contributed by atoms with Crippen LogP contribution in [0.4, 0.5) is 18.4 Å². The minimum atomic E-state index is -4.15. The average molecular weight is 397 g/mol. The van der Waals surface area contributed by atoms with Crippen molar-refractivity contribution >= 4 is 18.2 Å². The molecular weight excluding hydrogens is 368 g/mol. The third-order valence-corrected chi connectivity index (χ3v) is 3.17. The summed E-state index contributed by atoms with van der Waals surface area (Å²) in [5, 5.41) is 8.70. The van der Waals surface area contributed by atoms with Gasteiger partial charge in [0.2, 0.25) is 0 Å². The summed E-state index contributed by atoms with van der Waals surface area (Å²) in [5.41, 5.74) is -1.78. The molecule has 0 fully saturated rings. The minimum Gasteiger partial charge on any atom is -0.477 e. The molecule has 0 saturated carbocycles. The number of carbonyl (C=O) groups is 3. The highest BCUT2D eigenvalue weighted by atomic mass is 19.3. The van der Waals surface area contributed by atoms with Crippen molar-refractivity contribution in [1.82, 2.24) is 4.90 Å². The van der Waals surface area contributed by atoms with Crippen LogP contribution in [0.5, 0.6) is 0 Å². The van der Waals surface area contributed by atoms with Gasteiger partial charge < -0.3 is 24.2 Å². The van der Waals surface area contributed by atoms with Crippen molar-refractivity contribution in [3.05, 3.63) is 0 Å². The summed E-state index contributed by atoms with van der Waals surface area (Å²) < 4.78 is 42.6. The molecule has 0 saturated heterocycles. The summed E-state index contributed by atoms with van der Waals surface area (Å²) in [7, 11) is 1.16. The van der Waals surface area contributed by atoms with Gasteiger partial charge in [0, 0.05) is 13.5 Å². The molecule has 0 aliphatic rings. The maximum Gasteiger partial charge on any atom is 0.509 e. The molecule has 158 valence electrons. The van der Waals surface area contributed by atoms with Gasteiger partial charge in [-0.1, -0.05) is 0 Å². The quantitative estimate of drug-likeness (QED) is 0.682. The van der Waals surface area contributed by atoms with Crippen molar-refractivity contribution in [3.63, 3.8) is 0 Å². The van der Waals surface area contributed by atoms with Crippen molar-refractivity contribution < 1.29 is 42.5 Å². The maximum absolute atomic E-state index is 13.8. The van der Waals surface area contributed by atoms with Gasteiger partial charge in [0.05, 0.1) is 6.04 Å². The number of aliphatic carboxylic acids is 1. The van der Waals surface area contributed by atoms with Crippen LogP contribution in [0.3, 0.4) is 0 Å². The Kier molecular flexibility index (Phi) is 8.02. The molecule has 0 bridgehead atoms. The van der Waals surface area contributed by atoms with Crippen molar-refractivity contribution in [3.8, 4) is 0 Å². The molecule has 0 aromatic heterocycles. The molecule has 0 aliphatic carbocycles. The first kappa shape index (κ1) is 24.9. The Morgan fingerprint density at radius 3 is 1.81 bits per heavy atom. The minimum absolute atomic E-state index is 0.789. The average Bonchev–Trinajstić information content (AvgIpc) is 2.39. The Labute approximate surface area is 157 Å². The summed E-state index contributed by atoms with van der Waals surface area (Å²) >= 11 is 0. The van der Waals surface area contributed by atoms with Crippen molar-refractivity contribution in [1.29, 1.82) is 0 Å². The van der Waals surface area contributed by atoms with Crippen LogP contribution in [0.1, 0.15) is 54.9 Å². The Hall–Kier alpha value is -2.13. The molecule has 0 radical (unpaired) electrons. The number of hydrogen-bond donors (Lipinski definition) is 1. The van der Waals surface area contributed by atoms with Gasteiger partial charge in [0.15, 0.2) is 0 Å². The second kappa shape index (κ2) is 8.71. The summed E-state index contributed by atoms with van der Waals surface area (Å²) in [6.45, 7) is 10.8. The molecule has 1 N–H and O–H groups in total. The van der Waals surface area contributed by atoms with Gasteiger partial charge in [-0.2, -0.15) is 8.78 Å². The van der Waals surface area contributed by atoms with E-state index in [1.807, 2.05) is 0 Å². The van der Waals surface area contributed by atoms with Crippen LogP contribution in [0.2, 0.25) is 0 Å². The van der Waals surface area contributed by atoms with Gasteiger partial charge >= 0.3 is 24.1 Å². The largest absolute Gasteiger partial charge is 0.509 e. The molecule has 0 aromatic carbocycles. The molecular formula is C17H29F2NO7. The van der Waals surface area contributed by atoms with E-state index < -0.39 is 53.9 Å². The second-order valence-corrected chi connectivity index (χ2v) is 8.16. The number of nitrogens with zero attached hydrogens (tertiary/aromatic N) is 1. The summed E-state index contributed by atoms with van der Waals surface area (Å²) in [4.78, 5) is 35.6. The molecule has 0 heterocycles. The number of likely N-dealkylation sites (N-methyl/N-ethyl adjacent to an activating group) is 1. The fraction of sp³-hybridized carbons (Fsp3) is 0.824. The van der Waals surface area contributed by atoms with Crippen LogP contribution in [0.15, 0.2) is 0 Å². The van der Waals surface area contributed by atoms with E-state index >= 15 is 0 Å². The van der Waals surface area contributed by atoms with E-state index in [9.17, 15) is 23.2 Å². The number of carboxylic acid groups (broad SMARTS) is 1. The van der Waals surface area contributed by atoms with Crippen LogP contribution < -0.4 is 0 Å². The summed E-state index contributed by atoms with van der Waals surface area (Å²) in [6, 6.07) is -1.47. The Balaban J connectivity index is 5.49. The molecule has 0 spiro atoms. The highest BCUT2D eigenvalue weighted by Crippen LogP contribution is 2.27. The number of carboxylic acids is 1. The summed E-state index contributed by atoms with van der Waals surface area (Å²) in [5.74, 6) is -6.50. The normalized spacial score (nSPS) is 14.7. The standard InChI is InChI=1S/C17H29F2NO7/c1-10(25-14(24)27-16(5,6)7)11(9-17(18,19)12(21)22)20(8)13(23)26-15(2,3)4/h10-11H,9H2,1-8H3,(H,21,22). The number of halogens is 2. The van der Waals surface area contributed by atoms with Crippen LogP contribution in [0, 0.1) is 0 Å². The molecule has 1 amide bonds. The summed E-state index contributed by atoms with van der Waals surface area (Å²) in [6.07, 6.45) is -4.66. The van der Waals surface area contributed by atoms with E-state index in [2.05, 4.69) is 0 Å². The van der Waals surface area contributed by atoms with E-state index in [0.717, 1.165) is 11.9 Å². The maximum atomic E-state index is 13.8. The highest BCUT2D eigenvalue weighted by Gasteiger charge is 2.46. The van der Waals surface area contributed by atoms with Crippen molar-refractivity contribution in [2.75, 3.05) is 7.05 Å². The Morgan fingerprint density at radius 2 is 1.44 bits per heavy atom. The smallest absolute Gasteiger partial charge is 0.477 e. The Bertz CT molecular complexity index is 552. The second-order valence-electron chi connectivity index (χ2n) is 8.16. The lowest BCUT2D eigenvalue weighted by Crippen LogP contribution is -2.51. The van der Waals surface area contributed by atoms with Crippen molar-refractivity contribution in [2.45, 2.75) is 84.2 Å². The van der Waals surface area contributed by atoms with Gasteiger partial charge in [-0.3, -0.25) is 0 Å². The number of ether oxygens (including phenoxy) is 3. The third-order valence-electron chi connectivity index (χ3n) is 3.17. The van der Waals surface area contributed by atoms with E-state index in [1.165, 1.54) is 6.92 Å². The van der Waals surface area contributed by atoms with Gasteiger partial charge in [0.1, 0.15) is 17.3 Å². The zero-order valence-corrected chi connectivity index (χ0v) is 17.0. The first-order chi connectivity index (χ1) is 11.9. The van der Waals surface area contributed by atoms with Gasteiger partial charge in [-0.05, 0) is 48.5 Å². The molecule has 0 rings (SSSR count). The molecule has 0 aliphatic heterocycles.